The first kappa shape index (κ1) is 70.6. The maximum Gasteiger partial charge on any atom is 0.305 e. The molecule has 0 spiro atoms. The molecule has 3 N–H and O–H groups in total. The molecule has 6 nitrogen and oxygen atoms in total. The van der Waals surface area contributed by atoms with Gasteiger partial charge in [-0.1, -0.05) is 293 Å². The van der Waals surface area contributed by atoms with Crippen LogP contribution in [0.25, 0.3) is 0 Å². The number of hydrogen-bond donors (Lipinski definition) is 3. The van der Waals surface area contributed by atoms with Crippen molar-refractivity contribution >= 4 is 11.9 Å². The number of unbranched alkanes of at least 4 members (excludes halogenated alkanes) is 40. The van der Waals surface area contributed by atoms with Crippen molar-refractivity contribution < 1.29 is 24.5 Å². The lowest BCUT2D eigenvalue weighted by Crippen LogP contribution is -2.45. The standard InChI is InChI=1S/C67H123NO5/c1-3-5-7-9-11-13-15-17-19-21-25-28-31-35-39-43-47-51-55-59-65(70)64(63-69)68-66(71)60-56-52-48-44-40-36-32-29-26-23-22-24-27-30-34-38-42-46-50-54-58-62-73-67(72)61-57-53-49-45-41-37-33-20-18-16-14-12-10-8-6-4-2/h14,16,20,33,38,42,50,54-55,59,64-65,69-70H,3-13,15,17-19,21-32,34-37,39-41,43-49,51-53,56-58,60-63H2,1-2H3,(H,68,71)/b16-14-,33-20-,42-38-,54-50-,59-55+. The quantitative estimate of drug-likeness (QED) is 0.0320. The molecule has 0 aromatic carbocycles. The van der Waals surface area contributed by atoms with E-state index in [1.165, 1.54) is 238 Å². The molecule has 1 amide bonds. The van der Waals surface area contributed by atoms with E-state index in [-0.39, 0.29) is 18.5 Å². The van der Waals surface area contributed by atoms with Gasteiger partial charge in [-0.3, -0.25) is 9.59 Å². The van der Waals surface area contributed by atoms with Crippen molar-refractivity contribution in [3.63, 3.8) is 0 Å². The van der Waals surface area contributed by atoms with E-state index in [0.29, 0.717) is 19.4 Å². The van der Waals surface area contributed by atoms with Gasteiger partial charge in [-0.2, -0.15) is 0 Å². The van der Waals surface area contributed by atoms with Gasteiger partial charge in [0.05, 0.1) is 25.4 Å². The molecule has 0 aliphatic carbocycles. The minimum atomic E-state index is -0.850. The van der Waals surface area contributed by atoms with Gasteiger partial charge in [0.15, 0.2) is 0 Å². The lowest BCUT2D eigenvalue weighted by atomic mass is 10.0. The van der Waals surface area contributed by atoms with Gasteiger partial charge < -0.3 is 20.3 Å². The first-order chi connectivity index (χ1) is 36.0. The molecule has 0 bridgehead atoms. The van der Waals surface area contributed by atoms with Crippen molar-refractivity contribution in [1.82, 2.24) is 5.32 Å². The zero-order valence-corrected chi connectivity index (χ0v) is 48.6. The van der Waals surface area contributed by atoms with Gasteiger partial charge in [0.1, 0.15) is 0 Å². The van der Waals surface area contributed by atoms with Gasteiger partial charge in [0.2, 0.25) is 5.91 Å². The highest BCUT2D eigenvalue weighted by atomic mass is 16.5. The number of rotatable bonds is 59. The second-order valence-corrected chi connectivity index (χ2v) is 21.7. The first-order valence-electron chi connectivity index (χ1n) is 32.1. The number of esters is 1. The molecule has 426 valence electrons. The second-order valence-electron chi connectivity index (χ2n) is 21.7. The second kappa shape index (κ2) is 62.1. The van der Waals surface area contributed by atoms with E-state index in [9.17, 15) is 19.8 Å². The zero-order valence-electron chi connectivity index (χ0n) is 48.6. The Hall–Kier alpha value is -2.44. The number of nitrogens with one attached hydrogen (secondary N) is 1. The molecule has 0 aromatic heterocycles. The van der Waals surface area contributed by atoms with Crippen LogP contribution in [0, 0.1) is 0 Å². The fourth-order valence-electron chi connectivity index (χ4n) is 9.62. The van der Waals surface area contributed by atoms with Crippen molar-refractivity contribution in [2.45, 2.75) is 341 Å². The number of amides is 1. The topological polar surface area (TPSA) is 95.9 Å². The third-order valence-electron chi connectivity index (χ3n) is 14.5. The van der Waals surface area contributed by atoms with E-state index in [1.54, 1.807) is 6.08 Å². The molecule has 2 atom stereocenters. The van der Waals surface area contributed by atoms with E-state index >= 15 is 0 Å². The van der Waals surface area contributed by atoms with Gasteiger partial charge in [0.25, 0.3) is 0 Å². The summed E-state index contributed by atoms with van der Waals surface area (Å²) in [4.78, 5) is 24.5. The number of carbonyl (C=O) groups is 2. The number of aliphatic hydroxyl groups is 2. The van der Waals surface area contributed by atoms with Crippen LogP contribution in [0.4, 0.5) is 0 Å². The van der Waals surface area contributed by atoms with Crippen LogP contribution in [0.5, 0.6) is 0 Å². The number of ether oxygens (including phenoxy) is 1. The highest BCUT2D eigenvalue weighted by Gasteiger charge is 2.18. The fraction of sp³-hybridized carbons (Fsp3) is 0.821. The summed E-state index contributed by atoms with van der Waals surface area (Å²) in [5.41, 5.74) is 0. The largest absolute Gasteiger partial charge is 0.465 e. The van der Waals surface area contributed by atoms with E-state index in [0.717, 1.165) is 64.2 Å². The van der Waals surface area contributed by atoms with Crippen molar-refractivity contribution in [2.24, 2.45) is 0 Å². The summed E-state index contributed by atoms with van der Waals surface area (Å²) >= 11 is 0. The lowest BCUT2D eigenvalue weighted by Gasteiger charge is -2.20. The molecule has 0 aliphatic rings. The third kappa shape index (κ3) is 58.7. The Kier molecular flexibility index (Phi) is 60.0. The van der Waals surface area contributed by atoms with Crippen LogP contribution < -0.4 is 5.32 Å². The number of allylic oxidation sites excluding steroid dienone is 8. The molecule has 0 aromatic rings. The molecule has 0 fully saturated rings. The molecule has 0 saturated carbocycles. The Labute approximate surface area is 454 Å². The van der Waals surface area contributed by atoms with Gasteiger partial charge in [-0.15, -0.1) is 0 Å². The smallest absolute Gasteiger partial charge is 0.305 e. The van der Waals surface area contributed by atoms with E-state index in [1.807, 2.05) is 6.08 Å². The summed E-state index contributed by atoms with van der Waals surface area (Å²) in [7, 11) is 0. The highest BCUT2D eigenvalue weighted by Crippen LogP contribution is 2.17. The Morgan fingerprint density at radius 2 is 0.685 bits per heavy atom. The third-order valence-corrected chi connectivity index (χ3v) is 14.5. The van der Waals surface area contributed by atoms with Crippen LogP contribution >= 0.6 is 0 Å². The van der Waals surface area contributed by atoms with Gasteiger partial charge in [-0.25, -0.2) is 0 Å². The molecule has 0 rings (SSSR count). The molecule has 0 saturated heterocycles. The molecule has 0 aliphatic heterocycles. The predicted molar refractivity (Wildman–Crippen MR) is 319 cm³/mol. The van der Waals surface area contributed by atoms with Crippen LogP contribution in [-0.2, 0) is 14.3 Å². The molecule has 0 radical (unpaired) electrons. The van der Waals surface area contributed by atoms with Crippen molar-refractivity contribution in [1.29, 1.82) is 0 Å². The van der Waals surface area contributed by atoms with Crippen LogP contribution in [0.2, 0.25) is 0 Å². The van der Waals surface area contributed by atoms with Gasteiger partial charge in [-0.05, 0) is 83.5 Å². The Bertz CT molecular complexity index is 1270. The first-order valence-corrected chi connectivity index (χ1v) is 32.1. The summed E-state index contributed by atoms with van der Waals surface area (Å²) in [6, 6.07) is -0.634. The molecule has 0 heterocycles. The predicted octanol–water partition coefficient (Wildman–Crippen LogP) is 20.3. The van der Waals surface area contributed by atoms with Crippen molar-refractivity contribution in [2.75, 3.05) is 13.2 Å². The fourth-order valence-corrected chi connectivity index (χ4v) is 9.62. The Morgan fingerprint density at radius 1 is 0.384 bits per heavy atom. The SMILES string of the molecule is CCCCCC/C=C\C/C=C\CCCCCCCC(=O)OCC/C=C\C/C=C\CCCCCCCCCCCCCCCCC(=O)NC(CO)C(O)/C=C/CCCCCCCCCCCCCCCCCCC. The number of hydrogen-bond acceptors (Lipinski definition) is 5. The lowest BCUT2D eigenvalue weighted by molar-refractivity contribution is -0.143. The van der Waals surface area contributed by atoms with Gasteiger partial charge >= 0.3 is 5.97 Å². The van der Waals surface area contributed by atoms with E-state index < -0.39 is 12.1 Å². The van der Waals surface area contributed by atoms with Crippen LogP contribution in [0.1, 0.15) is 328 Å². The van der Waals surface area contributed by atoms with E-state index in [4.69, 9.17) is 4.74 Å². The summed E-state index contributed by atoms with van der Waals surface area (Å²) in [6.07, 6.45) is 81.3. The maximum absolute atomic E-state index is 12.5. The van der Waals surface area contributed by atoms with Crippen LogP contribution in [0.15, 0.2) is 60.8 Å². The summed E-state index contributed by atoms with van der Waals surface area (Å²) in [5.74, 6) is -0.121. The summed E-state index contributed by atoms with van der Waals surface area (Å²) < 4.78 is 5.41. The maximum atomic E-state index is 12.5. The number of carbonyl (C=O) groups excluding carboxylic acids is 2. The van der Waals surface area contributed by atoms with Crippen LogP contribution in [-0.4, -0.2) is 47.4 Å². The highest BCUT2D eigenvalue weighted by molar-refractivity contribution is 5.76. The summed E-state index contributed by atoms with van der Waals surface area (Å²) in [6.45, 7) is 4.78. The zero-order chi connectivity index (χ0) is 52.9. The molecule has 2 unspecified atom stereocenters. The molecular formula is C67H123NO5. The minimum Gasteiger partial charge on any atom is -0.465 e. The van der Waals surface area contributed by atoms with Crippen LogP contribution in [0.3, 0.4) is 0 Å². The van der Waals surface area contributed by atoms with Crippen molar-refractivity contribution in [3.05, 3.63) is 60.8 Å². The average molecular weight is 1020 g/mol. The molecule has 6 heteroatoms. The monoisotopic (exact) mass is 1020 g/mol. The van der Waals surface area contributed by atoms with E-state index in [2.05, 4.69) is 67.8 Å². The number of aliphatic hydroxyl groups excluding tert-OH is 2. The Balaban J connectivity index is 3.49. The van der Waals surface area contributed by atoms with Crippen molar-refractivity contribution in [3.8, 4) is 0 Å². The van der Waals surface area contributed by atoms with Gasteiger partial charge in [0, 0.05) is 12.8 Å². The normalized spacial score (nSPS) is 13.0. The minimum absolute atomic E-state index is 0.0496. The Morgan fingerprint density at radius 3 is 1.05 bits per heavy atom. The molecular weight excluding hydrogens is 899 g/mol. The average Bonchev–Trinajstić information content (AvgIpc) is 3.39. The summed E-state index contributed by atoms with van der Waals surface area (Å²) in [5, 5.41) is 23.2. The molecule has 73 heavy (non-hydrogen) atoms.